The summed E-state index contributed by atoms with van der Waals surface area (Å²) in [7, 11) is 0. The number of thioether (sulfide) groups is 1. The van der Waals surface area contributed by atoms with E-state index >= 15 is 0 Å². The third-order valence-electron chi connectivity index (χ3n) is 3.40. The first kappa shape index (κ1) is 16.6. The number of nitrogens with two attached hydrogens (primary N) is 1. The summed E-state index contributed by atoms with van der Waals surface area (Å²) in [6.45, 7) is 4.31. The van der Waals surface area contributed by atoms with Gasteiger partial charge in [0.1, 0.15) is 0 Å². The lowest BCUT2D eigenvalue weighted by molar-refractivity contribution is 0.603. The minimum atomic E-state index is 0.138. The van der Waals surface area contributed by atoms with Gasteiger partial charge in [0.2, 0.25) is 0 Å². The molecule has 0 amide bonds. The zero-order chi connectivity index (χ0) is 13.9. The van der Waals surface area contributed by atoms with Crippen LogP contribution in [0, 0.1) is 0 Å². The molecule has 0 aliphatic heterocycles. The first-order valence-electron chi connectivity index (χ1n) is 7.72. The monoisotopic (exact) mass is 279 g/mol. The molecule has 0 aromatic heterocycles. The fourth-order valence-electron chi connectivity index (χ4n) is 2.14. The van der Waals surface area contributed by atoms with Gasteiger partial charge in [0.15, 0.2) is 0 Å². The Morgan fingerprint density at radius 3 is 2.42 bits per heavy atom. The van der Waals surface area contributed by atoms with Gasteiger partial charge in [-0.15, -0.1) is 11.8 Å². The summed E-state index contributed by atoms with van der Waals surface area (Å²) in [5.41, 5.74) is 7.15. The molecular formula is C17H29NS. The van der Waals surface area contributed by atoms with Gasteiger partial charge in [0, 0.05) is 10.9 Å². The van der Waals surface area contributed by atoms with E-state index in [1.807, 2.05) is 18.7 Å². The Kier molecular flexibility index (Phi) is 9.02. The third kappa shape index (κ3) is 7.64. The highest BCUT2D eigenvalue weighted by Gasteiger charge is 2.00. The first-order valence-corrected chi connectivity index (χ1v) is 8.71. The number of rotatable bonds is 10. The van der Waals surface area contributed by atoms with Crippen molar-refractivity contribution in [2.45, 2.75) is 69.7 Å². The minimum absolute atomic E-state index is 0.138. The van der Waals surface area contributed by atoms with Gasteiger partial charge in [-0.25, -0.2) is 0 Å². The second-order valence-corrected chi connectivity index (χ2v) is 6.50. The molecule has 0 aliphatic carbocycles. The summed E-state index contributed by atoms with van der Waals surface area (Å²) in [5.74, 6) is 1.23. The van der Waals surface area contributed by atoms with Crippen molar-refractivity contribution < 1.29 is 0 Å². The van der Waals surface area contributed by atoms with Crippen LogP contribution in [0.4, 0.5) is 0 Å². The van der Waals surface area contributed by atoms with Crippen LogP contribution >= 0.6 is 11.8 Å². The van der Waals surface area contributed by atoms with Crippen LogP contribution in [0.3, 0.4) is 0 Å². The molecule has 2 N–H and O–H groups in total. The van der Waals surface area contributed by atoms with Crippen molar-refractivity contribution in [2.24, 2.45) is 5.73 Å². The van der Waals surface area contributed by atoms with Crippen LogP contribution in [0.15, 0.2) is 29.2 Å². The Bertz CT molecular complexity index is 336. The molecule has 1 atom stereocenters. The lowest BCUT2D eigenvalue weighted by atomic mass is 10.1. The molecule has 0 heterocycles. The smallest absolute Gasteiger partial charge is 0.0266 e. The molecule has 0 saturated heterocycles. The van der Waals surface area contributed by atoms with Crippen molar-refractivity contribution in [3.63, 3.8) is 0 Å². The molecule has 1 nitrogen and oxygen atoms in total. The van der Waals surface area contributed by atoms with E-state index in [1.165, 1.54) is 61.2 Å². The Balaban J connectivity index is 2.10. The molecule has 0 bridgehead atoms. The van der Waals surface area contributed by atoms with Gasteiger partial charge in [0.05, 0.1) is 0 Å². The summed E-state index contributed by atoms with van der Waals surface area (Å²) in [6, 6.07) is 8.79. The second-order valence-electron chi connectivity index (χ2n) is 5.33. The molecule has 1 rings (SSSR count). The molecule has 19 heavy (non-hydrogen) atoms. The predicted molar refractivity (Wildman–Crippen MR) is 87.8 cm³/mol. The number of benzene rings is 1. The van der Waals surface area contributed by atoms with Crippen molar-refractivity contribution in [3.05, 3.63) is 29.8 Å². The molecular weight excluding hydrogens is 250 g/mol. The zero-order valence-electron chi connectivity index (χ0n) is 12.5. The fraction of sp³-hybridized carbons (Fsp3) is 0.647. The lowest BCUT2D eigenvalue weighted by Crippen LogP contribution is -2.04. The van der Waals surface area contributed by atoms with Crippen molar-refractivity contribution in [2.75, 3.05) is 5.75 Å². The average Bonchev–Trinajstić information content (AvgIpc) is 2.42. The standard InChI is InChI=1S/C17H29NS/c1-3-4-5-6-7-8-9-13-19-17-12-10-11-16(14-17)15(2)18/h10-12,14-15H,3-9,13,18H2,1-2H3. The second kappa shape index (κ2) is 10.3. The highest BCUT2D eigenvalue weighted by molar-refractivity contribution is 7.99. The number of unbranched alkanes of at least 4 members (excludes halogenated alkanes) is 6. The van der Waals surface area contributed by atoms with Gasteiger partial charge in [-0.3, -0.25) is 0 Å². The van der Waals surface area contributed by atoms with Crippen LogP contribution in [-0.4, -0.2) is 5.75 Å². The summed E-state index contributed by atoms with van der Waals surface area (Å²) < 4.78 is 0. The lowest BCUT2D eigenvalue weighted by Gasteiger charge is -2.08. The summed E-state index contributed by atoms with van der Waals surface area (Å²) >= 11 is 1.96. The van der Waals surface area contributed by atoms with Crippen LogP contribution in [0.1, 0.15) is 70.4 Å². The van der Waals surface area contributed by atoms with Gasteiger partial charge in [-0.05, 0) is 36.8 Å². The predicted octanol–water partition coefficient (Wildman–Crippen LogP) is 5.55. The molecule has 1 aromatic rings. The highest BCUT2D eigenvalue weighted by Crippen LogP contribution is 2.23. The van der Waals surface area contributed by atoms with Crippen LogP contribution in [0.25, 0.3) is 0 Å². The highest BCUT2D eigenvalue weighted by atomic mass is 32.2. The zero-order valence-corrected chi connectivity index (χ0v) is 13.3. The largest absolute Gasteiger partial charge is 0.324 e. The Morgan fingerprint density at radius 2 is 1.74 bits per heavy atom. The fourth-order valence-corrected chi connectivity index (χ4v) is 3.12. The maximum absolute atomic E-state index is 5.91. The van der Waals surface area contributed by atoms with E-state index in [1.54, 1.807) is 0 Å². The maximum atomic E-state index is 5.91. The molecule has 0 fully saturated rings. The molecule has 0 aliphatic rings. The molecule has 0 spiro atoms. The average molecular weight is 279 g/mol. The van der Waals surface area contributed by atoms with Crippen molar-refractivity contribution in [1.82, 2.24) is 0 Å². The van der Waals surface area contributed by atoms with E-state index < -0.39 is 0 Å². The van der Waals surface area contributed by atoms with Crippen molar-refractivity contribution >= 4 is 11.8 Å². The Hall–Kier alpha value is -0.470. The van der Waals surface area contributed by atoms with E-state index in [-0.39, 0.29) is 6.04 Å². The van der Waals surface area contributed by atoms with Crippen LogP contribution in [0.5, 0.6) is 0 Å². The van der Waals surface area contributed by atoms with E-state index in [4.69, 9.17) is 5.73 Å². The normalized spacial score (nSPS) is 12.6. The number of hydrogen-bond acceptors (Lipinski definition) is 2. The van der Waals surface area contributed by atoms with Crippen LogP contribution < -0.4 is 5.73 Å². The van der Waals surface area contributed by atoms with Crippen molar-refractivity contribution in [1.29, 1.82) is 0 Å². The van der Waals surface area contributed by atoms with Crippen LogP contribution in [0.2, 0.25) is 0 Å². The van der Waals surface area contributed by atoms with E-state index in [0.717, 1.165) is 0 Å². The SMILES string of the molecule is CCCCCCCCCSc1cccc(C(C)N)c1. The van der Waals surface area contributed by atoms with Gasteiger partial charge in [0.25, 0.3) is 0 Å². The van der Waals surface area contributed by atoms with Gasteiger partial charge in [-0.1, -0.05) is 57.6 Å². The van der Waals surface area contributed by atoms with Crippen molar-refractivity contribution in [3.8, 4) is 0 Å². The topological polar surface area (TPSA) is 26.0 Å². The molecule has 0 radical (unpaired) electrons. The Morgan fingerprint density at radius 1 is 1.05 bits per heavy atom. The summed E-state index contributed by atoms with van der Waals surface area (Å²) in [6.07, 6.45) is 9.69. The first-order chi connectivity index (χ1) is 9.24. The number of hydrogen-bond donors (Lipinski definition) is 1. The summed E-state index contributed by atoms with van der Waals surface area (Å²) in [4.78, 5) is 1.36. The third-order valence-corrected chi connectivity index (χ3v) is 4.48. The minimum Gasteiger partial charge on any atom is -0.324 e. The van der Waals surface area contributed by atoms with E-state index in [0.29, 0.717) is 0 Å². The molecule has 1 unspecified atom stereocenters. The Labute approximate surface area is 123 Å². The summed E-state index contributed by atoms with van der Waals surface area (Å²) in [5, 5.41) is 0. The van der Waals surface area contributed by atoms with Gasteiger partial charge in [-0.2, -0.15) is 0 Å². The van der Waals surface area contributed by atoms with Gasteiger partial charge < -0.3 is 5.73 Å². The molecule has 1 aromatic carbocycles. The van der Waals surface area contributed by atoms with Gasteiger partial charge >= 0.3 is 0 Å². The molecule has 2 heteroatoms. The van der Waals surface area contributed by atoms with Crippen LogP contribution in [-0.2, 0) is 0 Å². The maximum Gasteiger partial charge on any atom is 0.0266 e. The molecule has 0 saturated carbocycles. The van der Waals surface area contributed by atoms with E-state index in [9.17, 15) is 0 Å². The van der Waals surface area contributed by atoms with E-state index in [2.05, 4.69) is 31.2 Å². The quantitative estimate of drug-likeness (QED) is 0.449. The molecule has 108 valence electrons.